The highest BCUT2D eigenvalue weighted by molar-refractivity contribution is 5.70. The molecule has 0 saturated carbocycles. The predicted molar refractivity (Wildman–Crippen MR) is 51.1 cm³/mol. The third kappa shape index (κ3) is 1.19. The molecular weight excluding hydrogens is 148 g/mol. The minimum Gasteiger partial charge on any atom is -0.397 e. The number of terminal acetylenes is 2. The first-order valence-corrected chi connectivity index (χ1v) is 3.31. The number of rotatable bonds is 0. The van der Waals surface area contributed by atoms with Gasteiger partial charge in [0.2, 0.25) is 0 Å². The van der Waals surface area contributed by atoms with Gasteiger partial charge in [0, 0.05) is 11.1 Å². The molecule has 0 aliphatic heterocycles. The molecule has 1 aromatic carbocycles. The molecule has 0 spiro atoms. The molecule has 0 amide bonds. The molecule has 2 heteroatoms. The molecule has 1 rings (SSSR count). The fourth-order valence-corrected chi connectivity index (χ4v) is 0.872. The summed E-state index contributed by atoms with van der Waals surface area (Å²) in [5.74, 6) is 4.87. The van der Waals surface area contributed by atoms with Crippen molar-refractivity contribution in [2.24, 2.45) is 0 Å². The first kappa shape index (κ1) is 8.04. The number of benzene rings is 1. The molecule has 58 valence electrons. The SMILES string of the molecule is C#Cc1cc(N)c(N)cc1C#C. The molecule has 0 heterocycles. The fraction of sp³-hybridized carbons (Fsp3) is 0. The monoisotopic (exact) mass is 156 g/mol. The summed E-state index contributed by atoms with van der Waals surface area (Å²) in [4.78, 5) is 0. The normalized spacial score (nSPS) is 8.50. The first-order valence-electron chi connectivity index (χ1n) is 3.31. The van der Waals surface area contributed by atoms with Crippen LogP contribution in [0.2, 0.25) is 0 Å². The van der Waals surface area contributed by atoms with Gasteiger partial charge in [-0.1, -0.05) is 11.8 Å². The summed E-state index contributed by atoms with van der Waals surface area (Å²) >= 11 is 0. The second-order valence-corrected chi connectivity index (χ2v) is 2.32. The van der Waals surface area contributed by atoms with Gasteiger partial charge < -0.3 is 11.5 Å². The van der Waals surface area contributed by atoms with E-state index in [2.05, 4.69) is 11.8 Å². The van der Waals surface area contributed by atoms with Crippen LogP contribution in [0, 0.1) is 24.7 Å². The molecule has 2 nitrogen and oxygen atoms in total. The summed E-state index contributed by atoms with van der Waals surface area (Å²) in [5, 5.41) is 0. The Balaban J connectivity index is 3.44. The van der Waals surface area contributed by atoms with Crippen LogP contribution >= 0.6 is 0 Å². The van der Waals surface area contributed by atoms with E-state index in [0.29, 0.717) is 22.5 Å². The molecule has 0 unspecified atom stereocenters. The van der Waals surface area contributed by atoms with Crippen molar-refractivity contribution in [2.45, 2.75) is 0 Å². The van der Waals surface area contributed by atoms with Gasteiger partial charge >= 0.3 is 0 Å². The predicted octanol–water partition coefficient (Wildman–Crippen LogP) is 0.814. The molecule has 0 bridgehead atoms. The summed E-state index contributed by atoms with van der Waals surface area (Å²) in [6, 6.07) is 3.20. The second kappa shape index (κ2) is 2.90. The Labute approximate surface area is 71.6 Å². The highest BCUT2D eigenvalue weighted by atomic mass is 14.7. The summed E-state index contributed by atoms with van der Waals surface area (Å²) in [6.07, 6.45) is 10.4. The van der Waals surface area contributed by atoms with Gasteiger partial charge in [0.1, 0.15) is 0 Å². The lowest BCUT2D eigenvalue weighted by Crippen LogP contribution is -1.97. The van der Waals surface area contributed by atoms with Crippen LogP contribution in [0.1, 0.15) is 11.1 Å². The smallest absolute Gasteiger partial charge is 0.0561 e. The Morgan fingerprint density at radius 1 is 0.917 bits per heavy atom. The van der Waals surface area contributed by atoms with Crippen molar-refractivity contribution in [3.8, 4) is 24.7 Å². The van der Waals surface area contributed by atoms with E-state index < -0.39 is 0 Å². The lowest BCUT2D eigenvalue weighted by atomic mass is 10.1. The van der Waals surface area contributed by atoms with E-state index >= 15 is 0 Å². The number of hydrogen-bond donors (Lipinski definition) is 2. The summed E-state index contributed by atoms with van der Waals surface area (Å²) < 4.78 is 0. The lowest BCUT2D eigenvalue weighted by Gasteiger charge is -2.02. The molecule has 0 aliphatic rings. The number of nitrogens with two attached hydrogens (primary N) is 2. The Morgan fingerprint density at radius 3 is 1.50 bits per heavy atom. The molecule has 0 radical (unpaired) electrons. The Hall–Kier alpha value is -2.06. The highest BCUT2D eigenvalue weighted by Gasteiger charge is 2.01. The molecular formula is C10H8N2. The summed E-state index contributed by atoms with van der Waals surface area (Å²) in [7, 11) is 0. The average molecular weight is 156 g/mol. The van der Waals surface area contributed by atoms with E-state index in [9.17, 15) is 0 Å². The van der Waals surface area contributed by atoms with Crippen LogP contribution in [0.25, 0.3) is 0 Å². The van der Waals surface area contributed by atoms with Crippen molar-refractivity contribution in [3.05, 3.63) is 23.3 Å². The van der Waals surface area contributed by atoms with Crippen LogP contribution in [0.3, 0.4) is 0 Å². The van der Waals surface area contributed by atoms with Gasteiger partial charge in [-0.3, -0.25) is 0 Å². The summed E-state index contributed by atoms with van der Waals surface area (Å²) in [5.41, 5.74) is 13.2. The van der Waals surface area contributed by atoms with Gasteiger partial charge in [-0.15, -0.1) is 12.8 Å². The molecule has 4 N–H and O–H groups in total. The maximum atomic E-state index is 5.53. The maximum absolute atomic E-state index is 5.53. The number of anilines is 2. The lowest BCUT2D eigenvalue weighted by molar-refractivity contribution is 1.58. The third-order valence-corrected chi connectivity index (χ3v) is 1.53. The van der Waals surface area contributed by atoms with Crippen molar-refractivity contribution >= 4 is 11.4 Å². The van der Waals surface area contributed by atoms with Gasteiger partial charge in [0.15, 0.2) is 0 Å². The standard InChI is InChI=1S/C10H8N2/c1-3-7-5-9(11)10(12)6-8(7)4-2/h1-2,5-6H,11-12H2. The highest BCUT2D eigenvalue weighted by Crippen LogP contribution is 2.19. The van der Waals surface area contributed by atoms with Crippen LogP contribution in [-0.4, -0.2) is 0 Å². The largest absolute Gasteiger partial charge is 0.397 e. The van der Waals surface area contributed by atoms with E-state index in [0.717, 1.165) is 0 Å². The topological polar surface area (TPSA) is 52.0 Å². The van der Waals surface area contributed by atoms with Crippen molar-refractivity contribution in [1.82, 2.24) is 0 Å². The van der Waals surface area contributed by atoms with E-state index in [-0.39, 0.29) is 0 Å². The summed E-state index contributed by atoms with van der Waals surface area (Å²) in [6.45, 7) is 0. The molecule has 0 saturated heterocycles. The zero-order valence-corrected chi connectivity index (χ0v) is 6.46. The van der Waals surface area contributed by atoms with E-state index in [1.165, 1.54) is 0 Å². The van der Waals surface area contributed by atoms with Crippen molar-refractivity contribution in [2.75, 3.05) is 11.5 Å². The van der Waals surface area contributed by atoms with Gasteiger partial charge in [-0.25, -0.2) is 0 Å². The van der Waals surface area contributed by atoms with Crippen LogP contribution in [0.5, 0.6) is 0 Å². The maximum Gasteiger partial charge on any atom is 0.0561 e. The fourth-order valence-electron chi connectivity index (χ4n) is 0.872. The zero-order chi connectivity index (χ0) is 9.14. The molecule has 0 aromatic heterocycles. The van der Waals surface area contributed by atoms with Crippen LogP contribution in [-0.2, 0) is 0 Å². The van der Waals surface area contributed by atoms with Crippen LogP contribution in [0.4, 0.5) is 11.4 Å². The van der Waals surface area contributed by atoms with Gasteiger partial charge in [-0.2, -0.15) is 0 Å². The molecule has 0 aliphatic carbocycles. The Kier molecular flexibility index (Phi) is 1.94. The number of nitrogen functional groups attached to an aromatic ring is 2. The number of hydrogen-bond acceptors (Lipinski definition) is 2. The van der Waals surface area contributed by atoms with E-state index in [1.807, 2.05) is 0 Å². The minimum atomic E-state index is 0.460. The minimum absolute atomic E-state index is 0.460. The van der Waals surface area contributed by atoms with Crippen LogP contribution < -0.4 is 11.5 Å². The quantitative estimate of drug-likeness (QED) is 0.431. The van der Waals surface area contributed by atoms with E-state index in [4.69, 9.17) is 24.3 Å². The van der Waals surface area contributed by atoms with Crippen LogP contribution in [0.15, 0.2) is 12.1 Å². The van der Waals surface area contributed by atoms with Crippen molar-refractivity contribution < 1.29 is 0 Å². The zero-order valence-electron chi connectivity index (χ0n) is 6.46. The Bertz CT molecular complexity index is 353. The van der Waals surface area contributed by atoms with Gasteiger partial charge in [-0.05, 0) is 12.1 Å². The van der Waals surface area contributed by atoms with Crippen molar-refractivity contribution in [3.63, 3.8) is 0 Å². The van der Waals surface area contributed by atoms with E-state index in [1.54, 1.807) is 12.1 Å². The van der Waals surface area contributed by atoms with Gasteiger partial charge in [0.05, 0.1) is 11.4 Å². The first-order chi connectivity index (χ1) is 5.69. The third-order valence-electron chi connectivity index (χ3n) is 1.53. The van der Waals surface area contributed by atoms with Crippen molar-refractivity contribution in [1.29, 1.82) is 0 Å². The Morgan fingerprint density at radius 2 is 1.25 bits per heavy atom. The second-order valence-electron chi connectivity index (χ2n) is 2.32. The molecule has 0 fully saturated rings. The average Bonchev–Trinajstić information content (AvgIpc) is 2.09. The molecule has 1 aromatic rings. The van der Waals surface area contributed by atoms with Gasteiger partial charge in [0.25, 0.3) is 0 Å². The molecule has 12 heavy (non-hydrogen) atoms. The molecule has 0 atom stereocenters.